The highest BCUT2D eigenvalue weighted by molar-refractivity contribution is 9.10. The van der Waals surface area contributed by atoms with Crippen LogP contribution in [0.5, 0.6) is 0 Å². The number of carbonyl (C=O) groups excluding carboxylic acids is 2. The first kappa shape index (κ1) is 17.7. The standard InChI is InChI=1S/C16H18BrN3O2S/c1-20(9-12-6-7-23-11-12)10-16(22)18-8-15(21)19-14-5-3-2-4-13(14)17/h2-7,11H,8-10H2,1H3,(H,18,22)(H,19,21)/p+1. The molecule has 0 saturated carbocycles. The summed E-state index contributed by atoms with van der Waals surface area (Å²) in [5, 5.41) is 9.50. The zero-order valence-corrected chi connectivity index (χ0v) is 15.2. The normalized spacial score (nSPS) is 11.7. The predicted molar refractivity (Wildman–Crippen MR) is 95.6 cm³/mol. The van der Waals surface area contributed by atoms with Crippen LogP contribution in [0.3, 0.4) is 0 Å². The number of amides is 2. The average molecular weight is 397 g/mol. The molecule has 1 heterocycles. The third kappa shape index (κ3) is 6.13. The molecule has 0 radical (unpaired) electrons. The number of quaternary nitrogens is 1. The highest BCUT2D eigenvalue weighted by Gasteiger charge is 2.12. The van der Waals surface area contributed by atoms with Gasteiger partial charge in [-0.05, 0) is 44.9 Å². The molecule has 3 N–H and O–H groups in total. The summed E-state index contributed by atoms with van der Waals surface area (Å²) in [6.07, 6.45) is 0. The van der Waals surface area contributed by atoms with Gasteiger partial charge in [0.2, 0.25) is 5.91 Å². The van der Waals surface area contributed by atoms with Crippen LogP contribution in [0.2, 0.25) is 0 Å². The molecule has 5 nitrogen and oxygen atoms in total. The molecular formula is C16H19BrN3O2S+. The number of likely N-dealkylation sites (N-methyl/N-ethyl adjacent to an activating group) is 1. The van der Waals surface area contributed by atoms with Crippen molar-refractivity contribution in [3.8, 4) is 0 Å². The summed E-state index contributed by atoms with van der Waals surface area (Å²) in [7, 11) is 1.96. The lowest BCUT2D eigenvalue weighted by atomic mass is 10.3. The van der Waals surface area contributed by atoms with Gasteiger partial charge in [-0.15, -0.1) is 0 Å². The van der Waals surface area contributed by atoms with Crippen molar-refractivity contribution in [2.75, 3.05) is 25.5 Å². The maximum absolute atomic E-state index is 11.9. The Kier molecular flexibility index (Phi) is 6.76. The van der Waals surface area contributed by atoms with Crippen molar-refractivity contribution in [1.29, 1.82) is 0 Å². The van der Waals surface area contributed by atoms with Gasteiger partial charge in [0.25, 0.3) is 5.91 Å². The molecule has 122 valence electrons. The summed E-state index contributed by atoms with van der Waals surface area (Å²) in [4.78, 5) is 24.8. The molecule has 1 aromatic carbocycles. The second kappa shape index (κ2) is 8.81. The predicted octanol–water partition coefficient (Wildman–Crippen LogP) is 1.28. The molecule has 0 aliphatic heterocycles. The summed E-state index contributed by atoms with van der Waals surface area (Å²) < 4.78 is 0.805. The van der Waals surface area contributed by atoms with E-state index in [4.69, 9.17) is 0 Å². The van der Waals surface area contributed by atoms with E-state index in [9.17, 15) is 9.59 Å². The number of anilines is 1. The van der Waals surface area contributed by atoms with E-state index in [0.29, 0.717) is 12.2 Å². The lowest BCUT2D eigenvalue weighted by molar-refractivity contribution is -0.885. The van der Waals surface area contributed by atoms with Crippen LogP contribution in [0, 0.1) is 0 Å². The van der Waals surface area contributed by atoms with Crippen molar-refractivity contribution in [2.24, 2.45) is 0 Å². The molecule has 2 amide bonds. The van der Waals surface area contributed by atoms with Crippen molar-refractivity contribution >= 4 is 44.8 Å². The van der Waals surface area contributed by atoms with Gasteiger partial charge in [0.1, 0.15) is 6.54 Å². The summed E-state index contributed by atoms with van der Waals surface area (Å²) in [6.45, 7) is 1.09. The molecule has 23 heavy (non-hydrogen) atoms. The molecule has 1 unspecified atom stereocenters. The van der Waals surface area contributed by atoms with E-state index >= 15 is 0 Å². The number of benzene rings is 1. The molecule has 0 spiro atoms. The molecule has 7 heteroatoms. The van der Waals surface area contributed by atoms with Gasteiger partial charge in [0, 0.05) is 10.0 Å². The van der Waals surface area contributed by atoms with Crippen molar-refractivity contribution in [2.45, 2.75) is 6.54 Å². The minimum absolute atomic E-state index is 0.0358. The quantitative estimate of drug-likeness (QED) is 0.659. The maximum atomic E-state index is 11.9. The topological polar surface area (TPSA) is 62.6 Å². The summed E-state index contributed by atoms with van der Waals surface area (Å²) in [5.41, 5.74) is 1.90. The van der Waals surface area contributed by atoms with Gasteiger partial charge in [-0.3, -0.25) is 9.59 Å². The van der Waals surface area contributed by atoms with Crippen LogP contribution in [0.4, 0.5) is 5.69 Å². The first-order valence-electron chi connectivity index (χ1n) is 7.18. The zero-order valence-electron chi connectivity index (χ0n) is 12.8. The Morgan fingerprint density at radius 2 is 2.00 bits per heavy atom. The Balaban J connectivity index is 1.71. The first-order chi connectivity index (χ1) is 11.0. The van der Waals surface area contributed by atoms with E-state index in [2.05, 4.69) is 38.0 Å². The molecule has 2 rings (SSSR count). The van der Waals surface area contributed by atoms with Crippen LogP contribution >= 0.6 is 27.3 Å². The lowest BCUT2D eigenvalue weighted by Crippen LogP contribution is -3.08. The number of halogens is 1. The monoisotopic (exact) mass is 396 g/mol. The van der Waals surface area contributed by atoms with Crippen LogP contribution in [0.15, 0.2) is 45.6 Å². The zero-order chi connectivity index (χ0) is 16.7. The van der Waals surface area contributed by atoms with E-state index < -0.39 is 0 Å². The van der Waals surface area contributed by atoms with Gasteiger partial charge in [0.15, 0.2) is 6.54 Å². The molecule has 0 aliphatic rings. The third-order valence-electron chi connectivity index (χ3n) is 3.14. The van der Waals surface area contributed by atoms with Gasteiger partial charge < -0.3 is 15.5 Å². The van der Waals surface area contributed by atoms with E-state index in [0.717, 1.165) is 15.9 Å². The van der Waals surface area contributed by atoms with Crippen LogP contribution in [-0.4, -0.2) is 32.0 Å². The van der Waals surface area contributed by atoms with Crippen molar-refractivity contribution in [1.82, 2.24) is 5.32 Å². The highest BCUT2D eigenvalue weighted by atomic mass is 79.9. The van der Waals surface area contributed by atoms with E-state index in [-0.39, 0.29) is 18.4 Å². The van der Waals surface area contributed by atoms with Gasteiger partial charge in [-0.1, -0.05) is 12.1 Å². The Hall–Kier alpha value is -1.70. The third-order valence-corrected chi connectivity index (χ3v) is 4.57. The van der Waals surface area contributed by atoms with Crippen LogP contribution in [0.25, 0.3) is 0 Å². The van der Waals surface area contributed by atoms with E-state index in [1.807, 2.05) is 30.6 Å². The largest absolute Gasteiger partial charge is 0.342 e. The van der Waals surface area contributed by atoms with Crippen LogP contribution in [0.1, 0.15) is 5.56 Å². The van der Waals surface area contributed by atoms with Crippen LogP contribution in [-0.2, 0) is 16.1 Å². The van der Waals surface area contributed by atoms with Crippen molar-refractivity contribution < 1.29 is 14.5 Å². The SMILES string of the molecule is C[NH+](CC(=O)NCC(=O)Nc1ccccc1Br)Cc1ccsc1. The number of rotatable bonds is 7. The van der Waals surface area contributed by atoms with E-state index in [1.165, 1.54) is 5.56 Å². The second-order valence-electron chi connectivity index (χ2n) is 5.25. The Morgan fingerprint density at radius 3 is 2.70 bits per heavy atom. The number of nitrogens with one attached hydrogen (secondary N) is 3. The smallest absolute Gasteiger partial charge is 0.275 e. The fourth-order valence-electron chi connectivity index (χ4n) is 2.08. The molecule has 0 saturated heterocycles. The number of hydrogen-bond donors (Lipinski definition) is 3. The Bertz CT molecular complexity index is 661. The van der Waals surface area contributed by atoms with Crippen molar-refractivity contribution in [3.63, 3.8) is 0 Å². The minimum atomic E-state index is -0.249. The van der Waals surface area contributed by atoms with E-state index in [1.54, 1.807) is 17.4 Å². The fraction of sp³-hybridized carbons (Fsp3) is 0.250. The molecule has 1 atom stereocenters. The number of para-hydroxylation sites is 1. The second-order valence-corrected chi connectivity index (χ2v) is 6.88. The molecule has 1 aromatic heterocycles. The summed E-state index contributed by atoms with van der Waals surface area (Å²) in [6, 6.07) is 9.39. The Labute approximate surface area is 147 Å². The first-order valence-corrected chi connectivity index (χ1v) is 8.91. The fourth-order valence-corrected chi connectivity index (χ4v) is 3.13. The van der Waals surface area contributed by atoms with Gasteiger partial charge in [0.05, 0.1) is 19.3 Å². The Morgan fingerprint density at radius 1 is 1.22 bits per heavy atom. The molecule has 0 aliphatic carbocycles. The highest BCUT2D eigenvalue weighted by Crippen LogP contribution is 2.20. The number of thiophene rings is 1. The van der Waals surface area contributed by atoms with Gasteiger partial charge >= 0.3 is 0 Å². The molecular weight excluding hydrogens is 378 g/mol. The lowest BCUT2D eigenvalue weighted by Gasteiger charge is -2.13. The molecule has 0 bridgehead atoms. The van der Waals surface area contributed by atoms with Crippen molar-refractivity contribution in [3.05, 3.63) is 51.1 Å². The summed E-state index contributed by atoms with van der Waals surface area (Å²) in [5.74, 6) is -0.388. The van der Waals surface area contributed by atoms with Crippen LogP contribution < -0.4 is 15.5 Å². The summed E-state index contributed by atoms with van der Waals surface area (Å²) >= 11 is 5.01. The van der Waals surface area contributed by atoms with Gasteiger partial charge in [-0.2, -0.15) is 11.3 Å². The number of hydrogen-bond acceptors (Lipinski definition) is 3. The average Bonchev–Trinajstić information content (AvgIpc) is 3.00. The maximum Gasteiger partial charge on any atom is 0.275 e. The van der Waals surface area contributed by atoms with Gasteiger partial charge in [-0.25, -0.2) is 0 Å². The minimum Gasteiger partial charge on any atom is -0.342 e. The number of carbonyl (C=O) groups is 2. The molecule has 0 fully saturated rings. The molecule has 2 aromatic rings.